The van der Waals surface area contributed by atoms with E-state index in [2.05, 4.69) is 5.10 Å². The van der Waals surface area contributed by atoms with Crippen LogP contribution in [0.5, 0.6) is 5.75 Å². The number of para-hydroxylation sites is 1. The van der Waals surface area contributed by atoms with Crippen molar-refractivity contribution >= 4 is 22.7 Å². The summed E-state index contributed by atoms with van der Waals surface area (Å²) in [6.07, 6.45) is -5.21. The molecular formula is C18H11F5N2O2S. The van der Waals surface area contributed by atoms with E-state index >= 15 is 0 Å². The summed E-state index contributed by atoms with van der Waals surface area (Å²) in [5.41, 5.74) is -0.00904. The smallest absolute Gasteiger partial charge is 0.473 e. The number of rotatable bonds is 1. The second-order valence-corrected chi connectivity index (χ2v) is 7.39. The molecule has 2 aliphatic rings. The number of hydrogen-bond acceptors (Lipinski definition) is 4. The van der Waals surface area contributed by atoms with E-state index in [-0.39, 0.29) is 23.6 Å². The van der Waals surface area contributed by atoms with Crippen LogP contribution < -0.4 is 4.74 Å². The minimum absolute atomic E-state index is 0.0135. The van der Waals surface area contributed by atoms with Crippen LogP contribution in [0.2, 0.25) is 0 Å². The number of hydrogen-bond donors (Lipinski definition) is 0. The largest absolute Gasteiger partial charge is 0.493 e. The van der Waals surface area contributed by atoms with E-state index in [1.165, 1.54) is 6.07 Å². The highest BCUT2D eigenvalue weighted by Crippen LogP contribution is 2.55. The van der Waals surface area contributed by atoms with Crippen molar-refractivity contribution in [1.29, 1.82) is 0 Å². The highest BCUT2D eigenvalue weighted by molar-refractivity contribution is 8.15. The van der Waals surface area contributed by atoms with Gasteiger partial charge in [0.2, 0.25) is 0 Å². The molecule has 2 heterocycles. The van der Waals surface area contributed by atoms with Crippen LogP contribution in [0.1, 0.15) is 17.5 Å². The minimum Gasteiger partial charge on any atom is -0.493 e. The number of nitrogens with zero attached hydrogens (tertiary/aromatic N) is 2. The molecular weight excluding hydrogens is 403 g/mol. The Morgan fingerprint density at radius 3 is 2.68 bits per heavy atom. The highest BCUT2D eigenvalue weighted by atomic mass is 32.2. The summed E-state index contributed by atoms with van der Waals surface area (Å²) in [7, 11) is 0. The van der Waals surface area contributed by atoms with Gasteiger partial charge in [0.1, 0.15) is 27.3 Å². The highest BCUT2D eigenvalue weighted by Gasteiger charge is 2.57. The number of amides is 1. The zero-order valence-electron chi connectivity index (χ0n) is 14.0. The Morgan fingerprint density at radius 1 is 1.18 bits per heavy atom. The fourth-order valence-electron chi connectivity index (χ4n) is 3.17. The van der Waals surface area contributed by atoms with Crippen LogP contribution in [0, 0.1) is 11.6 Å². The quantitative estimate of drug-likeness (QED) is 0.650. The van der Waals surface area contributed by atoms with Gasteiger partial charge < -0.3 is 4.74 Å². The lowest BCUT2D eigenvalue weighted by molar-refractivity contribution is -0.189. The number of carbonyl (C=O) groups is 1. The summed E-state index contributed by atoms with van der Waals surface area (Å²) in [4.78, 5) is 10.6. The van der Waals surface area contributed by atoms with E-state index in [4.69, 9.17) is 4.74 Å². The average molecular weight is 414 g/mol. The van der Waals surface area contributed by atoms with Crippen LogP contribution in [0.15, 0.2) is 47.6 Å². The molecule has 1 unspecified atom stereocenters. The van der Waals surface area contributed by atoms with Gasteiger partial charge in [-0.3, -0.25) is 4.79 Å². The fourth-order valence-corrected chi connectivity index (χ4v) is 4.55. The van der Waals surface area contributed by atoms with Gasteiger partial charge in [-0.2, -0.15) is 18.3 Å². The maximum atomic E-state index is 14.2. The molecule has 2 aromatic rings. The van der Waals surface area contributed by atoms with Crippen molar-refractivity contribution in [2.45, 2.75) is 17.5 Å². The fraction of sp³-hybridized carbons (Fsp3) is 0.222. The number of halogens is 5. The topological polar surface area (TPSA) is 41.9 Å². The summed E-state index contributed by atoms with van der Waals surface area (Å²) in [6, 6.07) is 8.89. The van der Waals surface area contributed by atoms with Crippen LogP contribution in [0.3, 0.4) is 0 Å². The van der Waals surface area contributed by atoms with Crippen LogP contribution in [0.25, 0.3) is 0 Å². The third-order valence-electron chi connectivity index (χ3n) is 4.40. The van der Waals surface area contributed by atoms with Crippen molar-refractivity contribution < 1.29 is 31.5 Å². The van der Waals surface area contributed by atoms with Gasteiger partial charge in [-0.25, -0.2) is 13.8 Å². The molecule has 0 saturated carbocycles. The van der Waals surface area contributed by atoms with E-state index in [0.29, 0.717) is 16.3 Å². The third kappa shape index (κ3) is 2.92. The molecule has 0 fully saturated rings. The molecule has 28 heavy (non-hydrogen) atoms. The standard InChI is InChI=1S/C18H11F5N2O2S/c19-10-5-6-13(20)11(9-10)15-24-25(16(26)18(21,22)23)17(28-15)7-8-27-14-4-2-1-3-12(14)17/h1-6,9H,7-8H2. The molecule has 10 heteroatoms. The van der Waals surface area contributed by atoms with E-state index in [9.17, 15) is 26.7 Å². The third-order valence-corrected chi connectivity index (χ3v) is 5.83. The van der Waals surface area contributed by atoms with E-state index in [0.717, 1.165) is 30.0 Å². The zero-order chi connectivity index (χ0) is 20.1. The van der Waals surface area contributed by atoms with Crippen LogP contribution in [-0.2, 0) is 9.67 Å². The predicted molar refractivity (Wildman–Crippen MR) is 91.6 cm³/mol. The molecule has 1 spiro atoms. The summed E-state index contributed by atoms with van der Waals surface area (Å²) < 4.78 is 73.1. The Labute approximate surface area is 160 Å². The first-order chi connectivity index (χ1) is 13.2. The van der Waals surface area contributed by atoms with Gasteiger partial charge in [0.15, 0.2) is 0 Å². The van der Waals surface area contributed by atoms with Crippen molar-refractivity contribution in [3.05, 3.63) is 65.2 Å². The molecule has 0 saturated heterocycles. The lowest BCUT2D eigenvalue weighted by atomic mass is 9.99. The van der Waals surface area contributed by atoms with Crippen molar-refractivity contribution in [2.24, 2.45) is 5.10 Å². The molecule has 2 aliphatic heterocycles. The first kappa shape index (κ1) is 18.7. The number of ether oxygens (including phenoxy) is 1. The second kappa shape index (κ2) is 6.47. The van der Waals surface area contributed by atoms with Gasteiger partial charge >= 0.3 is 12.1 Å². The van der Waals surface area contributed by atoms with Gasteiger partial charge in [-0.1, -0.05) is 30.0 Å². The number of benzene rings is 2. The molecule has 0 aromatic heterocycles. The van der Waals surface area contributed by atoms with Crippen molar-refractivity contribution in [3.63, 3.8) is 0 Å². The number of carbonyl (C=O) groups excluding carboxylic acids is 1. The van der Waals surface area contributed by atoms with Gasteiger partial charge in [0, 0.05) is 17.5 Å². The van der Waals surface area contributed by atoms with Gasteiger partial charge in [0.05, 0.1) is 6.61 Å². The van der Waals surface area contributed by atoms with Crippen LogP contribution >= 0.6 is 11.8 Å². The summed E-state index contributed by atoms with van der Waals surface area (Å²) in [5, 5.41) is 3.89. The normalized spacial score (nSPS) is 21.3. The number of fused-ring (bicyclic) bond motifs is 2. The van der Waals surface area contributed by atoms with Crippen molar-refractivity contribution in [3.8, 4) is 5.75 Å². The minimum atomic E-state index is -5.19. The number of alkyl halides is 3. The maximum absolute atomic E-state index is 14.2. The predicted octanol–water partition coefficient (Wildman–Crippen LogP) is 4.40. The molecule has 1 atom stereocenters. The lowest BCUT2D eigenvalue weighted by Crippen LogP contribution is -2.49. The summed E-state index contributed by atoms with van der Waals surface area (Å²) in [6.45, 7) is 0.0279. The molecule has 0 bridgehead atoms. The molecule has 0 aliphatic carbocycles. The molecule has 0 N–H and O–H groups in total. The maximum Gasteiger partial charge on any atom is 0.473 e. The molecule has 2 aromatic carbocycles. The van der Waals surface area contributed by atoms with Crippen LogP contribution in [0.4, 0.5) is 22.0 Å². The first-order valence-corrected chi connectivity index (χ1v) is 8.91. The second-order valence-electron chi connectivity index (χ2n) is 6.13. The van der Waals surface area contributed by atoms with E-state index < -0.39 is 28.6 Å². The van der Waals surface area contributed by atoms with Gasteiger partial charge in [-0.05, 0) is 24.3 Å². The summed E-state index contributed by atoms with van der Waals surface area (Å²) >= 11 is 0.774. The Kier molecular flexibility index (Phi) is 4.33. The average Bonchev–Trinajstić information content (AvgIpc) is 3.02. The number of hydrazone groups is 1. The molecule has 1 amide bonds. The Morgan fingerprint density at radius 2 is 1.93 bits per heavy atom. The zero-order valence-corrected chi connectivity index (χ0v) is 14.8. The summed E-state index contributed by atoms with van der Waals surface area (Å²) in [5.74, 6) is -3.52. The molecule has 4 rings (SSSR count). The van der Waals surface area contributed by atoms with Crippen molar-refractivity contribution in [2.75, 3.05) is 6.61 Å². The van der Waals surface area contributed by atoms with Crippen LogP contribution in [-0.4, -0.2) is 28.7 Å². The lowest BCUT2D eigenvalue weighted by Gasteiger charge is -2.39. The molecule has 0 radical (unpaired) electrons. The number of thioether (sulfide) groups is 1. The first-order valence-electron chi connectivity index (χ1n) is 8.09. The van der Waals surface area contributed by atoms with E-state index in [1.807, 2.05) is 0 Å². The van der Waals surface area contributed by atoms with Crippen molar-refractivity contribution in [1.82, 2.24) is 5.01 Å². The molecule has 4 nitrogen and oxygen atoms in total. The molecule has 146 valence electrons. The Balaban J connectivity index is 1.89. The monoisotopic (exact) mass is 414 g/mol. The van der Waals surface area contributed by atoms with E-state index in [1.54, 1.807) is 18.2 Å². The SMILES string of the molecule is O=C(N1N=C(c2cc(F)ccc2F)SC12CCOc1ccccc12)C(F)(F)F. The Hall–Kier alpha value is -2.62. The van der Waals surface area contributed by atoms with Gasteiger partial charge in [-0.15, -0.1) is 0 Å². The van der Waals surface area contributed by atoms with Gasteiger partial charge in [0.25, 0.3) is 0 Å². The Bertz CT molecular complexity index is 994.